The Hall–Kier alpha value is -1.22. The molecule has 1 aromatic carbocycles. The van der Waals surface area contributed by atoms with Gasteiger partial charge in [-0.1, -0.05) is 6.07 Å². The zero-order valence-electron chi connectivity index (χ0n) is 8.70. The first-order chi connectivity index (χ1) is 6.53. The topological polar surface area (TPSA) is 38.7 Å². The predicted molar refractivity (Wildman–Crippen MR) is 53.6 cm³/mol. The highest BCUT2D eigenvalue weighted by Crippen LogP contribution is 2.26. The molecule has 0 fully saturated rings. The Kier molecular flexibility index (Phi) is 3.36. The molecule has 0 amide bonds. The van der Waals surface area contributed by atoms with Gasteiger partial charge in [0.25, 0.3) is 0 Å². The minimum absolute atomic E-state index is 0.230. The summed E-state index contributed by atoms with van der Waals surface area (Å²) < 4.78 is 10.5. The standard InChI is InChI=1S/C11H15O3/c1-11(2,12)8-14-10-7-5-4-6-9(10)13-3/h5-7,12H,8H2,1-3H3. The molecule has 0 saturated carbocycles. The van der Waals surface area contributed by atoms with Crippen molar-refractivity contribution in [2.24, 2.45) is 0 Å². The highest BCUT2D eigenvalue weighted by atomic mass is 16.5. The molecule has 0 aliphatic rings. The Morgan fingerprint density at radius 2 is 2.14 bits per heavy atom. The zero-order valence-corrected chi connectivity index (χ0v) is 8.70. The van der Waals surface area contributed by atoms with E-state index in [0.29, 0.717) is 11.5 Å². The van der Waals surface area contributed by atoms with E-state index in [1.165, 1.54) is 0 Å². The first-order valence-corrected chi connectivity index (χ1v) is 4.42. The third-order valence-electron chi connectivity index (χ3n) is 1.59. The van der Waals surface area contributed by atoms with Crippen LogP contribution in [0, 0.1) is 6.07 Å². The van der Waals surface area contributed by atoms with Crippen molar-refractivity contribution in [3.05, 3.63) is 24.3 Å². The summed E-state index contributed by atoms with van der Waals surface area (Å²) in [5, 5.41) is 9.47. The molecular formula is C11H15O3. The number of aliphatic hydroxyl groups is 1. The van der Waals surface area contributed by atoms with E-state index in [1.54, 1.807) is 39.2 Å². The van der Waals surface area contributed by atoms with Gasteiger partial charge in [-0.05, 0) is 32.0 Å². The predicted octanol–water partition coefficient (Wildman–Crippen LogP) is 1.65. The molecule has 0 aliphatic heterocycles. The normalized spacial score (nSPS) is 11.1. The number of ether oxygens (including phenoxy) is 2. The van der Waals surface area contributed by atoms with E-state index in [9.17, 15) is 5.11 Å². The number of hydrogen-bond donors (Lipinski definition) is 1. The summed E-state index contributed by atoms with van der Waals surface area (Å²) in [4.78, 5) is 0. The molecule has 0 aliphatic carbocycles. The van der Waals surface area contributed by atoms with Crippen molar-refractivity contribution in [3.8, 4) is 11.5 Å². The van der Waals surface area contributed by atoms with Gasteiger partial charge >= 0.3 is 0 Å². The quantitative estimate of drug-likeness (QED) is 0.793. The Morgan fingerprint density at radius 1 is 1.43 bits per heavy atom. The van der Waals surface area contributed by atoms with Gasteiger partial charge in [0.1, 0.15) is 6.61 Å². The fraction of sp³-hybridized carbons (Fsp3) is 0.455. The second-order valence-corrected chi connectivity index (χ2v) is 3.68. The lowest BCUT2D eigenvalue weighted by molar-refractivity contribution is 0.0276. The molecule has 0 heterocycles. The maximum Gasteiger partial charge on any atom is 0.161 e. The maximum atomic E-state index is 9.47. The molecule has 1 radical (unpaired) electrons. The SMILES string of the molecule is COc1c[c]ccc1OCC(C)(C)O. The second-order valence-electron chi connectivity index (χ2n) is 3.68. The average Bonchev–Trinajstić information content (AvgIpc) is 2.14. The zero-order chi connectivity index (χ0) is 10.6. The van der Waals surface area contributed by atoms with E-state index in [0.717, 1.165) is 0 Å². The van der Waals surface area contributed by atoms with Crippen molar-refractivity contribution < 1.29 is 14.6 Å². The first-order valence-electron chi connectivity index (χ1n) is 4.42. The summed E-state index contributed by atoms with van der Waals surface area (Å²) in [6.07, 6.45) is 0. The van der Waals surface area contributed by atoms with Gasteiger partial charge < -0.3 is 14.6 Å². The number of hydrogen-bond acceptors (Lipinski definition) is 3. The Labute approximate surface area is 84.3 Å². The van der Waals surface area contributed by atoms with Crippen LogP contribution in [0.3, 0.4) is 0 Å². The van der Waals surface area contributed by atoms with Gasteiger partial charge in [-0.3, -0.25) is 0 Å². The molecule has 0 aromatic heterocycles. The molecule has 14 heavy (non-hydrogen) atoms. The van der Waals surface area contributed by atoms with E-state index in [-0.39, 0.29) is 6.61 Å². The average molecular weight is 195 g/mol. The van der Waals surface area contributed by atoms with Crippen molar-refractivity contribution >= 4 is 0 Å². The van der Waals surface area contributed by atoms with Crippen LogP contribution in [0.5, 0.6) is 11.5 Å². The molecule has 0 spiro atoms. The largest absolute Gasteiger partial charge is 0.493 e. The molecule has 0 atom stereocenters. The van der Waals surface area contributed by atoms with E-state index >= 15 is 0 Å². The smallest absolute Gasteiger partial charge is 0.161 e. The molecule has 0 saturated heterocycles. The van der Waals surface area contributed by atoms with E-state index < -0.39 is 5.60 Å². The monoisotopic (exact) mass is 195 g/mol. The molecule has 3 nitrogen and oxygen atoms in total. The summed E-state index contributed by atoms with van der Waals surface area (Å²) in [5.41, 5.74) is -0.843. The van der Waals surface area contributed by atoms with Crippen molar-refractivity contribution in [2.75, 3.05) is 13.7 Å². The van der Waals surface area contributed by atoms with Crippen LogP contribution >= 0.6 is 0 Å². The van der Waals surface area contributed by atoms with Gasteiger partial charge in [-0.2, -0.15) is 0 Å². The number of rotatable bonds is 4. The molecule has 0 bridgehead atoms. The van der Waals surface area contributed by atoms with Gasteiger partial charge in [0.2, 0.25) is 0 Å². The lowest BCUT2D eigenvalue weighted by atomic mass is 10.2. The van der Waals surface area contributed by atoms with Crippen LogP contribution in [0.2, 0.25) is 0 Å². The maximum absolute atomic E-state index is 9.47. The molecule has 1 aromatic rings. The Bertz CT molecular complexity index is 289. The van der Waals surface area contributed by atoms with Crippen LogP contribution in [-0.2, 0) is 0 Å². The first kappa shape index (κ1) is 10.9. The molecule has 0 unspecified atom stereocenters. The van der Waals surface area contributed by atoms with Crippen molar-refractivity contribution in [3.63, 3.8) is 0 Å². The highest BCUT2D eigenvalue weighted by Gasteiger charge is 2.14. The summed E-state index contributed by atoms with van der Waals surface area (Å²) in [7, 11) is 1.57. The number of benzene rings is 1. The van der Waals surface area contributed by atoms with Gasteiger partial charge in [-0.25, -0.2) is 0 Å². The summed E-state index contributed by atoms with van der Waals surface area (Å²) >= 11 is 0. The molecule has 1 N–H and O–H groups in total. The van der Waals surface area contributed by atoms with Crippen molar-refractivity contribution in [1.82, 2.24) is 0 Å². The van der Waals surface area contributed by atoms with Crippen LogP contribution in [0.1, 0.15) is 13.8 Å². The van der Waals surface area contributed by atoms with Gasteiger partial charge in [0.05, 0.1) is 12.7 Å². The van der Waals surface area contributed by atoms with Crippen LogP contribution in [0.4, 0.5) is 0 Å². The van der Waals surface area contributed by atoms with E-state index in [2.05, 4.69) is 6.07 Å². The van der Waals surface area contributed by atoms with Crippen molar-refractivity contribution in [1.29, 1.82) is 0 Å². The second kappa shape index (κ2) is 4.33. The van der Waals surface area contributed by atoms with Crippen LogP contribution in [-0.4, -0.2) is 24.4 Å². The molecule has 1 rings (SSSR count). The number of methoxy groups -OCH3 is 1. The molecular weight excluding hydrogens is 180 g/mol. The van der Waals surface area contributed by atoms with Crippen LogP contribution in [0.25, 0.3) is 0 Å². The van der Waals surface area contributed by atoms with Crippen LogP contribution < -0.4 is 9.47 Å². The summed E-state index contributed by atoms with van der Waals surface area (Å²) in [6.45, 7) is 3.61. The van der Waals surface area contributed by atoms with E-state index in [1.807, 2.05) is 0 Å². The fourth-order valence-corrected chi connectivity index (χ4v) is 0.934. The van der Waals surface area contributed by atoms with Crippen molar-refractivity contribution in [2.45, 2.75) is 19.4 Å². The lowest BCUT2D eigenvalue weighted by Gasteiger charge is -2.18. The van der Waals surface area contributed by atoms with E-state index in [4.69, 9.17) is 9.47 Å². The molecule has 77 valence electrons. The Balaban J connectivity index is 2.67. The molecule has 3 heteroatoms. The van der Waals surface area contributed by atoms with Crippen LogP contribution in [0.15, 0.2) is 18.2 Å². The third kappa shape index (κ3) is 3.26. The fourth-order valence-electron chi connectivity index (χ4n) is 0.934. The van der Waals surface area contributed by atoms with Gasteiger partial charge in [-0.15, -0.1) is 0 Å². The third-order valence-corrected chi connectivity index (χ3v) is 1.59. The van der Waals surface area contributed by atoms with Gasteiger partial charge in [0.15, 0.2) is 11.5 Å². The summed E-state index contributed by atoms with van der Waals surface area (Å²) in [5.74, 6) is 1.24. The summed E-state index contributed by atoms with van der Waals surface area (Å²) in [6, 6.07) is 8.07. The highest BCUT2D eigenvalue weighted by molar-refractivity contribution is 5.38. The minimum Gasteiger partial charge on any atom is -0.493 e. The lowest BCUT2D eigenvalue weighted by Crippen LogP contribution is -2.27. The minimum atomic E-state index is -0.843. The van der Waals surface area contributed by atoms with Gasteiger partial charge in [0, 0.05) is 0 Å². The Morgan fingerprint density at radius 3 is 2.71 bits per heavy atom.